The lowest BCUT2D eigenvalue weighted by Gasteiger charge is -2.21. The Morgan fingerprint density at radius 2 is 1.85 bits per heavy atom. The third-order valence-corrected chi connectivity index (χ3v) is 2.18. The average molecular weight is 179 g/mol. The van der Waals surface area contributed by atoms with Gasteiger partial charge in [0.1, 0.15) is 0 Å². The summed E-state index contributed by atoms with van der Waals surface area (Å²) in [5.41, 5.74) is 10.5. The topological polar surface area (TPSA) is 64.1 Å². The highest BCUT2D eigenvalue weighted by atomic mass is 15.2. The predicted molar refractivity (Wildman–Crippen MR) is 55.8 cm³/mol. The Morgan fingerprint density at radius 1 is 1.23 bits per heavy atom. The zero-order valence-corrected chi connectivity index (χ0v) is 8.12. The van der Waals surface area contributed by atoms with E-state index in [9.17, 15) is 0 Å². The highest BCUT2D eigenvalue weighted by molar-refractivity contribution is 5.48. The van der Waals surface area contributed by atoms with Gasteiger partial charge in [-0.2, -0.15) is 0 Å². The van der Waals surface area contributed by atoms with E-state index in [2.05, 4.69) is 19.3 Å². The summed E-state index contributed by atoms with van der Waals surface area (Å²) in [6.07, 6.45) is 0. The molecule has 0 fully saturated rings. The van der Waals surface area contributed by atoms with E-state index >= 15 is 0 Å². The van der Waals surface area contributed by atoms with Crippen LogP contribution in [0.3, 0.4) is 0 Å². The number of anilines is 1. The molecule has 1 unspecified atom stereocenters. The number of nitrogens with two attached hydrogens (primary N) is 2. The molecule has 0 aliphatic carbocycles. The standard InChI is InChI=1S/C10H17N3/c1-7(2)10(13-12)8-5-3-4-6-9(8)11/h3-7,10,13H,11-12H2,1-2H3. The smallest absolute Gasteiger partial charge is 0.0503 e. The van der Waals surface area contributed by atoms with Crippen LogP contribution < -0.4 is 17.0 Å². The Kier molecular flexibility index (Phi) is 3.28. The molecule has 0 heterocycles. The van der Waals surface area contributed by atoms with Crippen molar-refractivity contribution in [2.24, 2.45) is 11.8 Å². The maximum Gasteiger partial charge on any atom is 0.0503 e. The van der Waals surface area contributed by atoms with Gasteiger partial charge in [0.25, 0.3) is 0 Å². The molecule has 0 radical (unpaired) electrons. The van der Waals surface area contributed by atoms with Gasteiger partial charge in [-0.3, -0.25) is 11.3 Å². The monoisotopic (exact) mass is 179 g/mol. The van der Waals surface area contributed by atoms with Crippen LogP contribution in [0.1, 0.15) is 25.5 Å². The Morgan fingerprint density at radius 3 is 2.31 bits per heavy atom. The van der Waals surface area contributed by atoms with Gasteiger partial charge in [-0.05, 0) is 17.5 Å². The SMILES string of the molecule is CC(C)C(NN)c1ccccc1N. The van der Waals surface area contributed by atoms with Crippen LogP contribution >= 0.6 is 0 Å². The average Bonchev–Trinajstić information content (AvgIpc) is 2.09. The number of hydrazine groups is 1. The van der Waals surface area contributed by atoms with Crippen molar-refractivity contribution in [2.45, 2.75) is 19.9 Å². The van der Waals surface area contributed by atoms with Crippen molar-refractivity contribution in [3.8, 4) is 0 Å². The lowest BCUT2D eigenvalue weighted by molar-refractivity contribution is 0.422. The van der Waals surface area contributed by atoms with E-state index in [1.807, 2.05) is 24.3 Å². The molecular weight excluding hydrogens is 162 g/mol. The van der Waals surface area contributed by atoms with E-state index in [-0.39, 0.29) is 6.04 Å². The van der Waals surface area contributed by atoms with Crippen LogP contribution in [0, 0.1) is 5.92 Å². The second-order valence-electron chi connectivity index (χ2n) is 3.52. The molecule has 3 nitrogen and oxygen atoms in total. The number of rotatable bonds is 3. The summed E-state index contributed by atoms with van der Waals surface area (Å²) < 4.78 is 0. The molecule has 0 saturated heterocycles. The van der Waals surface area contributed by atoms with Gasteiger partial charge in [0.15, 0.2) is 0 Å². The second-order valence-corrected chi connectivity index (χ2v) is 3.52. The van der Waals surface area contributed by atoms with E-state index in [0.717, 1.165) is 11.3 Å². The fourth-order valence-electron chi connectivity index (χ4n) is 1.44. The van der Waals surface area contributed by atoms with Crippen molar-refractivity contribution in [3.05, 3.63) is 29.8 Å². The summed E-state index contributed by atoms with van der Waals surface area (Å²) in [6, 6.07) is 7.91. The lowest BCUT2D eigenvalue weighted by atomic mass is 9.95. The second kappa shape index (κ2) is 4.25. The first-order valence-corrected chi connectivity index (χ1v) is 4.47. The molecule has 1 atom stereocenters. The maximum atomic E-state index is 5.84. The van der Waals surface area contributed by atoms with Crippen LogP contribution in [-0.2, 0) is 0 Å². The first kappa shape index (κ1) is 10.0. The van der Waals surface area contributed by atoms with E-state index in [0.29, 0.717) is 5.92 Å². The van der Waals surface area contributed by atoms with E-state index in [1.165, 1.54) is 0 Å². The largest absolute Gasteiger partial charge is 0.398 e. The molecule has 1 rings (SSSR count). The molecule has 3 heteroatoms. The van der Waals surface area contributed by atoms with E-state index in [1.54, 1.807) is 0 Å². The van der Waals surface area contributed by atoms with Gasteiger partial charge in [-0.1, -0.05) is 32.0 Å². The Bertz CT molecular complexity index is 271. The minimum atomic E-state index is 0.126. The number of hydrogen-bond donors (Lipinski definition) is 3. The zero-order chi connectivity index (χ0) is 9.84. The van der Waals surface area contributed by atoms with Gasteiger partial charge >= 0.3 is 0 Å². The van der Waals surface area contributed by atoms with Crippen molar-refractivity contribution in [1.82, 2.24) is 5.43 Å². The lowest BCUT2D eigenvalue weighted by Crippen LogP contribution is -2.32. The fourth-order valence-corrected chi connectivity index (χ4v) is 1.44. The van der Waals surface area contributed by atoms with Crippen LogP contribution in [0.25, 0.3) is 0 Å². The van der Waals surface area contributed by atoms with Gasteiger partial charge in [0.2, 0.25) is 0 Å². The number of benzene rings is 1. The molecule has 0 spiro atoms. The van der Waals surface area contributed by atoms with Crippen LogP contribution in [0.5, 0.6) is 0 Å². The van der Waals surface area contributed by atoms with Crippen molar-refractivity contribution in [3.63, 3.8) is 0 Å². The molecule has 1 aromatic carbocycles. The van der Waals surface area contributed by atoms with Gasteiger partial charge in [-0.25, -0.2) is 0 Å². The minimum Gasteiger partial charge on any atom is -0.398 e. The maximum absolute atomic E-state index is 5.84. The third kappa shape index (κ3) is 2.20. The quantitative estimate of drug-likeness (QED) is 0.373. The molecule has 0 aliphatic heterocycles. The third-order valence-electron chi connectivity index (χ3n) is 2.18. The molecule has 0 aromatic heterocycles. The normalized spacial score (nSPS) is 13.2. The first-order valence-electron chi connectivity index (χ1n) is 4.47. The molecular formula is C10H17N3. The summed E-state index contributed by atoms with van der Waals surface area (Å²) in [6.45, 7) is 4.22. The minimum absolute atomic E-state index is 0.126. The molecule has 0 saturated carbocycles. The zero-order valence-electron chi connectivity index (χ0n) is 8.12. The van der Waals surface area contributed by atoms with Crippen molar-refractivity contribution < 1.29 is 0 Å². The summed E-state index contributed by atoms with van der Waals surface area (Å²) in [4.78, 5) is 0. The van der Waals surface area contributed by atoms with Crippen molar-refractivity contribution in [2.75, 3.05) is 5.73 Å². The number of hydrogen-bond acceptors (Lipinski definition) is 3. The number of nitrogens with one attached hydrogen (secondary N) is 1. The van der Waals surface area contributed by atoms with Crippen molar-refractivity contribution in [1.29, 1.82) is 0 Å². The van der Waals surface area contributed by atoms with Gasteiger partial charge < -0.3 is 5.73 Å². The summed E-state index contributed by atoms with van der Waals surface area (Å²) in [5, 5.41) is 0. The van der Waals surface area contributed by atoms with Crippen LogP contribution in [0.2, 0.25) is 0 Å². The van der Waals surface area contributed by atoms with E-state index < -0.39 is 0 Å². The highest BCUT2D eigenvalue weighted by Gasteiger charge is 2.15. The van der Waals surface area contributed by atoms with Gasteiger partial charge in [0, 0.05) is 5.69 Å². The van der Waals surface area contributed by atoms with Crippen LogP contribution in [-0.4, -0.2) is 0 Å². The molecule has 0 bridgehead atoms. The Balaban J connectivity index is 2.97. The van der Waals surface area contributed by atoms with E-state index in [4.69, 9.17) is 11.6 Å². The number of para-hydroxylation sites is 1. The van der Waals surface area contributed by atoms with Crippen molar-refractivity contribution >= 4 is 5.69 Å². The van der Waals surface area contributed by atoms with Crippen LogP contribution in [0.4, 0.5) is 5.69 Å². The molecule has 13 heavy (non-hydrogen) atoms. The highest BCUT2D eigenvalue weighted by Crippen LogP contribution is 2.25. The molecule has 72 valence electrons. The Labute approximate surface area is 79.1 Å². The van der Waals surface area contributed by atoms with Gasteiger partial charge in [0.05, 0.1) is 6.04 Å². The fraction of sp³-hybridized carbons (Fsp3) is 0.400. The summed E-state index contributed by atoms with van der Waals surface area (Å²) >= 11 is 0. The number of nitrogen functional groups attached to an aromatic ring is 1. The predicted octanol–water partition coefficient (Wildman–Crippen LogP) is 1.43. The molecule has 1 aromatic rings. The molecule has 0 amide bonds. The first-order chi connectivity index (χ1) is 6.16. The molecule has 5 N–H and O–H groups in total. The molecule has 0 aliphatic rings. The summed E-state index contributed by atoms with van der Waals surface area (Å²) in [5.74, 6) is 5.89. The van der Waals surface area contributed by atoms with Crippen LogP contribution in [0.15, 0.2) is 24.3 Å². The Hall–Kier alpha value is -1.06. The van der Waals surface area contributed by atoms with Gasteiger partial charge in [-0.15, -0.1) is 0 Å². The summed E-state index contributed by atoms with van der Waals surface area (Å²) in [7, 11) is 0.